The van der Waals surface area contributed by atoms with Crippen LogP contribution in [0.1, 0.15) is 61.4 Å². The van der Waals surface area contributed by atoms with Crippen LogP contribution in [0.2, 0.25) is 0 Å². The summed E-state index contributed by atoms with van der Waals surface area (Å²) in [5.74, 6) is -1.98. The van der Waals surface area contributed by atoms with E-state index in [0.29, 0.717) is 43.7 Å². The largest absolute Gasteiger partial charge is 0.481 e. The number of imidazole rings is 1. The molecule has 3 heterocycles. The van der Waals surface area contributed by atoms with Gasteiger partial charge in [-0.3, -0.25) is 9.59 Å². The van der Waals surface area contributed by atoms with Gasteiger partial charge in [-0.1, -0.05) is 38.1 Å². The van der Waals surface area contributed by atoms with Crippen LogP contribution in [0.25, 0.3) is 22.3 Å². The minimum atomic E-state index is -0.870. The summed E-state index contributed by atoms with van der Waals surface area (Å²) in [7, 11) is 0. The van der Waals surface area contributed by atoms with Crippen molar-refractivity contribution in [2.75, 3.05) is 19.8 Å². The summed E-state index contributed by atoms with van der Waals surface area (Å²) in [5, 5.41) is 12.9. The normalized spacial score (nSPS) is 17.2. The smallest absolute Gasteiger partial charge is 0.303 e. The van der Waals surface area contributed by atoms with E-state index in [1.807, 2.05) is 44.2 Å². The predicted molar refractivity (Wildman–Crippen MR) is 177 cm³/mol. The van der Waals surface area contributed by atoms with E-state index in [4.69, 9.17) is 9.47 Å². The molecule has 1 atom stereocenters. The third-order valence-electron chi connectivity index (χ3n) is 8.64. The van der Waals surface area contributed by atoms with E-state index < -0.39 is 17.6 Å². The van der Waals surface area contributed by atoms with Crippen LogP contribution >= 0.6 is 0 Å². The molecule has 6 rings (SSSR count). The number of ether oxygens (including phenoxy) is 2. The zero-order valence-corrected chi connectivity index (χ0v) is 26.9. The number of benzene rings is 3. The fourth-order valence-corrected chi connectivity index (χ4v) is 6.08. The van der Waals surface area contributed by atoms with Crippen LogP contribution in [0, 0.1) is 17.0 Å². The topological polar surface area (TPSA) is 129 Å². The number of aromatic nitrogens is 3. The molecule has 250 valence electrons. The maximum absolute atomic E-state index is 15.6. The highest BCUT2D eigenvalue weighted by Crippen LogP contribution is 2.37. The first kappa shape index (κ1) is 32.9. The van der Waals surface area contributed by atoms with E-state index in [-0.39, 0.29) is 59.4 Å². The molecule has 4 N–H and O–H groups in total. The van der Waals surface area contributed by atoms with Gasteiger partial charge in [0.1, 0.15) is 17.4 Å². The average molecular weight is 657 g/mol. The summed E-state index contributed by atoms with van der Waals surface area (Å²) in [6, 6.07) is 15.0. The number of carbonyl (C=O) groups excluding carboxylic acids is 1. The fourth-order valence-electron chi connectivity index (χ4n) is 6.08. The molecule has 1 aliphatic heterocycles. The summed E-state index contributed by atoms with van der Waals surface area (Å²) in [4.78, 5) is 35.0. The van der Waals surface area contributed by atoms with Gasteiger partial charge in [0.25, 0.3) is 0 Å². The van der Waals surface area contributed by atoms with Gasteiger partial charge in [-0.05, 0) is 54.7 Å². The van der Waals surface area contributed by atoms with Crippen molar-refractivity contribution in [1.82, 2.24) is 20.3 Å². The molecule has 0 spiro atoms. The number of rotatable bonds is 4. The van der Waals surface area contributed by atoms with E-state index in [9.17, 15) is 14.7 Å². The van der Waals surface area contributed by atoms with Crippen LogP contribution in [-0.2, 0) is 27.2 Å². The molecule has 3 aromatic carbocycles. The standard InChI is InChI=1S/C37H38F2N4O5/c1-37(2)20-42-33(44)10-8-27-26-12-14-40-31(26)18-30(39)35(27)48-24-7-9-29(38)28(17-24)36-41-19-32(43-36)25(13-15-47-21-37)23-5-3-4-22(16-23)6-11-34(45)46/h3-5,7,9,12,14,16-19,25,40H,6,8,10-11,13,15,20-21H2,1-2H3,(H,41,43)(H,42,44)(H,45,46). The fraction of sp³-hybridized carbons (Fsp3) is 0.324. The lowest BCUT2D eigenvalue weighted by Crippen LogP contribution is -2.37. The Kier molecular flexibility index (Phi) is 9.58. The first-order valence-corrected chi connectivity index (χ1v) is 16.0. The van der Waals surface area contributed by atoms with Crippen molar-refractivity contribution in [3.63, 3.8) is 0 Å². The second kappa shape index (κ2) is 14.0. The van der Waals surface area contributed by atoms with Gasteiger partial charge < -0.3 is 29.9 Å². The molecule has 4 bridgehead atoms. The van der Waals surface area contributed by atoms with Crippen molar-refractivity contribution in [2.45, 2.75) is 51.9 Å². The van der Waals surface area contributed by atoms with Crippen LogP contribution < -0.4 is 10.1 Å². The zero-order valence-electron chi connectivity index (χ0n) is 26.9. The molecule has 11 heteroatoms. The predicted octanol–water partition coefficient (Wildman–Crippen LogP) is 7.27. The number of hydrogen-bond acceptors (Lipinski definition) is 5. The average Bonchev–Trinajstić information content (AvgIpc) is 3.73. The monoisotopic (exact) mass is 656 g/mol. The molecule has 5 aromatic rings. The van der Waals surface area contributed by atoms with Crippen molar-refractivity contribution >= 4 is 22.8 Å². The number of carboxylic acids is 1. The quantitative estimate of drug-likeness (QED) is 0.161. The summed E-state index contributed by atoms with van der Waals surface area (Å²) >= 11 is 0. The van der Waals surface area contributed by atoms with Gasteiger partial charge in [0.05, 0.1) is 12.2 Å². The summed E-state index contributed by atoms with van der Waals surface area (Å²) in [6.45, 7) is 5.18. The van der Waals surface area contributed by atoms with E-state index in [0.717, 1.165) is 22.2 Å². The lowest BCUT2D eigenvalue weighted by Gasteiger charge is -2.25. The Bertz CT molecular complexity index is 1950. The maximum atomic E-state index is 15.6. The van der Waals surface area contributed by atoms with Gasteiger partial charge in [-0.25, -0.2) is 13.8 Å². The van der Waals surface area contributed by atoms with Crippen molar-refractivity contribution in [3.05, 3.63) is 101 Å². The van der Waals surface area contributed by atoms with Crippen molar-refractivity contribution < 1.29 is 33.0 Å². The van der Waals surface area contributed by atoms with Crippen LogP contribution in [0.5, 0.6) is 11.5 Å². The molecule has 48 heavy (non-hydrogen) atoms. The van der Waals surface area contributed by atoms with Crippen molar-refractivity contribution in [2.24, 2.45) is 5.41 Å². The Balaban J connectivity index is 1.39. The second-order valence-corrected chi connectivity index (χ2v) is 13.0. The van der Waals surface area contributed by atoms with Gasteiger partial charge in [0, 0.05) is 77.9 Å². The highest BCUT2D eigenvalue weighted by molar-refractivity contribution is 5.86. The highest BCUT2D eigenvalue weighted by Gasteiger charge is 2.24. The number of amides is 1. The number of nitrogens with zero attached hydrogens (tertiary/aromatic N) is 1. The van der Waals surface area contributed by atoms with Crippen LogP contribution in [0.4, 0.5) is 8.78 Å². The summed E-state index contributed by atoms with van der Waals surface area (Å²) in [5.41, 5.74) is 3.42. The Morgan fingerprint density at radius 3 is 2.77 bits per heavy atom. The molecule has 1 amide bonds. The van der Waals surface area contributed by atoms with Gasteiger partial charge >= 0.3 is 5.97 Å². The second-order valence-electron chi connectivity index (χ2n) is 13.0. The molecule has 0 radical (unpaired) electrons. The lowest BCUT2D eigenvalue weighted by atomic mass is 9.91. The van der Waals surface area contributed by atoms with Crippen LogP contribution in [-0.4, -0.2) is 51.7 Å². The molecule has 1 unspecified atom stereocenters. The minimum absolute atomic E-state index is 0.0131. The minimum Gasteiger partial charge on any atom is -0.481 e. The van der Waals surface area contributed by atoms with Gasteiger partial charge in [0.15, 0.2) is 11.6 Å². The number of aromatic amines is 2. The third kappa shape index (κ3) is 7.57. The lowest BCUT2D eigenvalue weighted by molar-refractivity contribution is -0.137. The molecular formula is C37H38F2N4O5. The zero-order chi connectivity index (χ0) is 33.8. The van der Waals surface area contributed by atoms with E-state index in [1.54, 1.807) is 12.4 Å². The number of nitrogens with one attached hydrogen (secondary N) is 3. The SMILES string of the molecule is CC1(C)CNC(=O)CCc2c(c(F)cc3[nH]ccc23)Oc2ccc(F)c(c2)-c2ncc([nH]2)C(c2cccc(CCC(=O)O)c2)CCOC1. The molecule has 1 aliphatic rings. The molecular weight excluding hydrogens is 618 g/mol. The summed E-state index contributed by atoms with van der Waals surface area (Å²) < 4.78 is 43.1. The number of aryl methyl sites for hydroxylation is 2. The number of H-pyrrole nitrogens is 2. The molecule has 0 fully saturated rings. The molecule has 0 saturated heterocycles. The molecule has 2 aromatic heterocycles. The Labute approximate surface area is 276 Å². The Morgan fingerprint density at radius 1 is 1.08 bits per heavy atom. The molecule has 9 nitrogen and oxygen atoms in total. The van der Waals surface area contributed by atoms with E-state index >= 15 is 8.78 Å². The van der Waals surface area contributed by atoms with Gasteiger partial charge in [-0.15, -0.1) is 0 Å². The number of halogens is 2. The summed E-state index contributed by atoms with van der Waals surface area (Å²) in [6.07, 6.45) is 4.65. The van der Waals surface area contributed by atoms with Crippen LogP contribution in [0.3, 0.4) is 0 Å². The number of fused-ring (bicyclic) bond motifs is 8. The maximum Gasteiger partial charge on any atom is 0.303 e. The van der Waals surface area contributed by atoms with Crippen molar-refractivity contribution in [3.8, 4) is 22.9 Å². The first-order valence-electron chi connectivity index (χ1n) is 16.0. The van der Waals surface area contributed by atoms with E-state index in [1.165, 1.54) is 24.3 Å². The Hall–Kier alpha value is -5.03. The molecule has 0 aliphatic carbocycles. The van der Waals surface area contributed by atoms with Crippen molar-refractivity contribution in [1.29, 1.82) is 0 Å². The van der Waals surface area contributed by atoms with Gasteiger partial charge in [-0.2, -0.15) is 0 Å². The number of aliphatic carboxylic acids is 1. The molecule has 0 saturated carbocycles. The highest BCUT2D eigenvalue weighted by atomic mass is 19.1. The van der Waals surface area contributed by atoms with E-state index in [2.05, 4.69) is 20.3 Å². The first-order chi connectivity index (χ1) is 23.1. The number of hydrogen-bond donors (Lipinski definition) is 4. The van der Waals surface area contributed by atoms with Crippen LogP contribution in [0.15, 0.2) is 67.0 Å². The third-order valence-corrected chi connectivity index (χ3v) is 8.64. The Morgan fingerprint density at radius 2 is 1.94 bits per heavy atom. The number of carboxylic acid groups (broad SMARTS) is 1. The van der Waals surface area contributed by atoms with Gasteiger partial charge in [0.2, 0.25) is 5.91 Å². The number of carbonyl (C=O) groups is 2.